The molecule has 0 aromatic heterocycles. The highest BCUT2D eigenvalue weighted by Crippen LogP contribution is 2.04. The topological polar surface area (TPSA) is 44.8 Å². The summed E-state index contributed by atoms with van der Waals surface area (Å²) in [6.45, 7) is 4.91. The Bertz CT molecular complexity index is 170. The van der Waals surface area contributed by atoms with Gasteiger partial charge in [0.2, 0.25) is 6.29 Å². The van der Waals surface area contributed by atoms with Crippen molar-refractivity contribution in [1.82, 2.24) is 0 Å². The number of hydrogen-bond donors (Lipinski definition) is 0. The predicted octanol–water partition coefficient (Wildman–Crippen LogP) is 0.869. The molecule has 0 amide bonds. The van der Waals surface area contributed by atoms with Crippen molar-refractivity contribution >= 4 is 5.97 Å². The summed E-state index contributed by atoms with van der Waals surface area (Å²) in [5.74, 6) is -0.478. The first kappa shape index (κ1) is 10.2. The van der Waals surface area contributed by atoms with Gasteiger partial charge in [0.15, 0.2) is 0 Å². The van der Waals surface area contributed by atoms with Gasteiger partial charge in [-0.1, -0.05) is 6.58 Å². The fourth-order valence-corrected chi connectivity index (χ4v) is 0.994. The van der Waals surface area contributed by atoms with Crippen molar-refractivity contribution in [3.63, 3.8) is 0 Å². The van der Waals surface area contributed by atoms with Crippen molar-refractivity contribution in [2.75, 3.05) is 19.8 Å². The van der Waals surface area contributed by atoms with Crippen molar-refractivity contribution in [1.29, 1.82) is 0 Å². The molecule has 0 bridgehead atoms. The van der Waals surface area contributed by atoms with Crippen LogP contribution in [0.1, 0.15) is 12.8 Å². The van der Waals surface area contributed by atoms with E-state index in [1.165, 1.54) is 0 Å². The summed E-state index contributed by atoms with van der Waals surface area (Å²) >= 11 is 0. The summed E-state index contributed by atoms with van der Waals surface area (Å²) in [6.07, 6.45) is 2.46. The Morgan fingerprint density at radius 3 is 3.00 bits per heavy atom. The Kier molecular flexibility index (Phi) is 4.49. The number of ether oxygens (including phenoxy) is 3. The molecule has 1 rings (SSSR count). The van der Waals surface area contributed by atoms with Crippen LogP contribution in [0.2, 0.25) is 0 Å². The van der Waals surface area contributed by atoms with Gasteiger partial charge in [-0.3, -0.25) is 0 Å². The summed E-state index contributed by atoms with van der Waals surface area (Å²) in [6, 6.07) is 0. The molecule has 0 aromatic carbocycles. The highest BCUT2D eigenvalue weighted by Gasteiger charge is 2.14. The lowest BCUT2D eigenvalue weighted by atomic mass is 10.3. The normalized spacial score (nSPS) is 24.2. The van der Waals surface area contributed by atoms with Crippen molar-refractivity contribution < 1.29 is 19.0 Å². The monoisotopic (exact) mass is 186 g/mol. The molecule has 1 aliphatic rings. The minimum Gasteiger partial charge on any atom is -0.430 e. The Hall–Kier alpha value is -0.870. The number of esters is 1. The second kappa shape index (κ2) is 5.72. The maximum Gasteiger partial charge on any atom is 0.332 e. The van der Waals surface area contributed by atoms with Crippen molar-refractivity contribution in [3.8, 4) is 0 Å². The fraction of sp³-hybridized carbons (Fsp3) is 0.667. The van der Waals surface area contributed by atoms with Crippen LogP contribution in [0.5, 0.6) is 0 Å². The molecule has 4 nitrogen and oxygen atoms in total. The van der Waals surface area contributed by atoms with Gasteiger partial charge in [0.1, 0.15) is 6.61 Å². The van der Waals surface area contributed by atoms with Crippen LogP contribution >= 0.6 is 0 Å². The van der Waals surface area contributed by atoms with Crippen LogP contribution in [0, 0.1) is 0 Å². The number of carbonyl (C=O) groups is 1. The standard InChI is InChI=1S/C9H14O4/c1-2-8(10)13-9-7-11-5-3-4-6-12-9/h2,9H,1,3-7H2. The van der Waals surface area contributed by atoms with Crippen molar-refractivity contribution in [2.45, 2.75) is 19.1 Å². The molecule has 0 saturated carbocycles. The van der Waals surface area contributed by atoms with E-state index in [0.29, 0.717) is 19.8 Å². The van der Waals surface area contributed by atoms with Crippen molar-refractivity contribution in [2.24, 2.45) is 0 Å². The molecule has 0 spiro atoms. The number of hydrogen-bond acceptors (Lipinski definition) is 4. The van der Waals surface area contributed by atoms with Gasteiger partial charge in [0.05, 0.1) is 6.61 Å². The highest BCUT2D eigenvalue weighted by atomic mass is 16.7. The van der Waals surface area contributed by atoms with E-state index in [2.05, 4.69) is 6.58 Å². The van der Waals surface area contributed by atoms with Crippen LogP contribution < -0.4 is 0 Å². The van der Waals surface area contributed by atoms with Gasteiger partial charge in [-0.05, 0) is 12.8 Å². The van der Waals surface area contributed by atoms with Crippen LogP contribution in [0.4, 0.5) is 0 Å². The summed E-state index contributed by atoms with van der Waals surface area (Å²) in [4.78, 5) is 10.8. The Labute approximate surface area is 77.5 Å². The number of carbonyl (C=O) groups excluding carboxylic acids is 1. The highest BCUT2D eigenvalue weighted by molar-refractivity contribution is 5.81. The lowest BCUT2D eigenvalue weighted by Gasteiger charge is -2.20. The Morgan fingerprint density at radius 2 is 2.23 bits per heavy atom. The Morgan fingerprint density at radius 1 is 1.46 bits per heavy atom. The Balaban J connectivity index is 2.28. The molecule has 0 aliphatic carbocycles. The van der Waals surface area contributed by atoms with Gasteiger partial charge >= 0.3 is 5.97 Å². The first-order valence-corrected chi connectivity index (χ1v) is 4.35. The van der Waals surface area contributed by atoms with E-state index in [-0.39, 0.29) is 0 Å². The summed E-state index contributed by atoms with van der Waals surface area (Å²) < 4.78 is 15.3. The van der Waals surface area contributed by atoms with E-state index in [1.807, 2.05) is 0 Å². The smallest absolute Gasteiger partial charge is 0.332 e. The van der Waals surface area contributed by atoms with E-state index in [4.69, 9.17) is 14.2 Å². The predicted molar refractivity (Wildman–Crippen MR) is 46.1 cm³/mol. The maximum atomic E-state index is 10.8. The number of rotatable bonds is 2. The van der Waals surface area contributed by atoms with E-state index < -0.39 is 12.3 Å². The zero-order chi connectivity index (χ0) is 9.52. The third-order valence-electron chi connectivity index (χ3n) is 1.65. The summed E-state index contributed by atoms with van der Waals surface area (Å²) in [5.41, 5.74) is 0. The minimum atomic E-state index is -0.578. The van der Waals surface area contributed by atoms with E-state index in [1.54, 1.807) is 0 Å². The third-order valence-corrected chi connectivity index (χ3v) is 1.65. The zero-order valence-corrected chi connectivity index (χ0v) is 7.53. The molecule has 74 valence electrons. The molecule has 4 heteroatoms. The van der Waals surface area contributed by atoms with Gasteiger partial charge in [-0.2, -0.15) is 0 Å². The quantitative estimate of drug-likeness (QED) is 0.474. The molecule has 1 saturated heterocycles. The molecule has 1 heterocycles. The molecular weight excluding hydrogens is 172 g/mol. The van der Waals surface area contributed by atoms with Gasteiger partial charge in [-0.25, -0.2) is 4.79 Å². The summed E-state index contributed by atoms with van der Waals surface area (Å²) in [7, 11) is 0. The first-order valence-electron chi connectivity index (χ1n) is 4.35. The average molecular weight is 186 g/mol. The van der Waals surface area contributed by atoms with Crippen molar-refractivity contribution in [3.05, 3.63) is 12.7 Å². The molecule has 1 aliphatic heterocycles. The molecule has 0 radical (unpaired) electrons. The van der Waals surface area contributed by atoms with Crippen LogP contribution in [0.25, 0.3) is 0 Å². The SMILES string of the molecule is C=CC(=O)OC1COCCCCO1. The maximum absolute atomic E-state index is 10.8. The largest absolute Gasteiger partial charge is 0.430 e. The van der Waals surface area contributed by atoms with Crippen LogP contribution in [-0.4, -0.2) is 32.1 Å². The average Bonchev–Trinajstić information content (AvgIpc) is 2.09. The first-order chi connectivity index (χ1) is 6.33. The van der Waals surface area contributed by atoms with Crippen LogP contribution in [0.15, 0.2) is 12.7 Å². The van der Waals surface area contributed by atoms with Crippen LogP contribution in [0.3, 0.4) is 0 Å². The summed E-state index contributed by atoms with van der Waals surface area (Å²) in [5, 5.41) is 0. The molecule has 1 fully saturated rings. The molecule has 1 unspecified atom stereocenters. The minimum absolute atomic E-state index is 0.305. The van der Waals surface area contributed by atoms with Gasteiger partial charge in [0.25, 0.3) is 0 Å². The molecule has 1 atom stereocenters. The molecular formula is C9H14O4. The van der Waals surface area contributed by atoms with Gasteiger partial charge < -0.3 is 14.2 Å². The van der Waals surface area contributed by atoms with E-state index >= 15 is 0 Å². The van der Waals surface area contributed by atoms with Gasteiger partial charge in [-0.15, -0.1) is 0 Å². The van der Waals surface area contributed by atoms with E-state index in [9.17, 15) is 4.79 Å². The van der Waals surface area contributed by atoms with Gasteiger partial charge in [0, 0.05) is 12.7 Å². The molecule has 0 N–H and O–H groups in total. The fourth-order valence-electron chi connectivity index (χ4n) is 0.994. The zero-order valence-electron chi connectivity index (χ0n) is 7.53. The lowest BCUT2D eigenvalue weighted by Crippen LogP contribution is -2.28. The van der Waals surface area contributed by atoms with Crippen LogP contribution in [-0.2, 0) is 19.0 Å². The molecule has 0 aromatic rings. The second-order valence-electron chi connectivity index (χ2n) is 2.72. The third kappa shape index (κ3) is 4.05. The second-order valence-corrected chi connectivity index (χ2v) is 2.72. The molecule has 13 heavy (non-hydrogen) atoms. The lowest BCUT2D eigenvalue weighted by molar-refractivity contribution is -0.190. The van der Waals surface area contributed by atoms with E-state index in [0.717, 1.165) is 18.9 Å².